The van der Waals surface area contributed by atoms with Crippen molar-refractivity contribution in [2.24, 2.45) is 0 Å². The first-order valence-corrected chi connectivity index (χ1v) is 11.5. The van der Waals surface area contributed by atoms with Crippen molar-refractivity contribution in [1.82, 2.24) is 24.1 Å². The van der Waals surface area contributed by atoms with Gasteiger partial charge in [-0.05, 0) is 57.2 Å². The molecule has 0 saturated carbocycles. The average Bonchev–Trinajstić information content (AvgIpc) is 3.55. The lowest BCUT2D eigenvalue weighted by atomic mass is 10.1. The monoisotopic (exact) mass is 480 g/mol. The highest BCUT2D eigenvalue weighted by atomic mass is 16.2. The molecule has 1 N–H and O–H groups in total. The molecule has 180 valence electrons. The van der Waals surface area contributed by atoms with Gasteiger partial charge in [-0.15, -0.1) is 0 Å². The van der Waals surface area contributed by atoms with Crippen molar-refractivity contribution in [2.75, 3.05) is 5.32 Å². The maximum absolute atomic E-state index is 13.8. The number of Topliss-reactive ketones (excluding diaryl/α,β-unsaturated/α-hetero) is 1. The summed E-state index contributed by atoms with van der Waals surface area (Å²) in [6.45, 7) is 4.84. The molecular formula is C27H24N6O3. The van der Waals surface area contributed by atoms with Crippen LogP contribution in [-0.2, 0) is 4.79 Å². The van der Waals surface area contributed by atoms with Gasteiger partial charge in [-0.3, -0.25) is 14.4 Å². The standard InChI is InChI=1S/C27H24N6O3/c1-17-24-23(26(31-14-7-8-15-31)33(30-24)22-12-5-4-6-13-22)27(36)32(29-17)18(2)25(35)28-21-11-9-10-20(16-21)19(3)34/h4-16,18H,1-3H3,(H,28,35)/t18-/m0/s1. The Labute approximate surface area is 206 Å². The summed E-state index contributed by atoms with van der Waals surface area (Å²) in [4.78, 5) is 38.6. The second-order valence-corrected chi connectivity index (χ2v) is 8.52. The van der Waals surface area contributed by atoms with Gasteiger partial charge < -0.3 is 9.88 Å². The van der Waals surface area contributed by atoms with E-state index in [0.29, 0.717) is 33.7 Å². The molecule has 0 aliphatic carbocycles. The van der Waals surface area contributed by atoms with Gasteiger partial charge in [-0.2, -0.15) is 10.2 Å². The summed E-state index contributed by atoms with van der Waals surface area (Å²) in [5.41, 5.74) is 2.30. The molecule has 2 aromatic carbocycles. The zero-order valence-electron chi connectivity index (χ0n) is 20.0. The molecule has 3 heterocycles. The molecule has 9 heteroatoms. The van der Waals surface area contributed by atoms with Gasteiger partial charge in [0.05, 0.1) is 11.4 Å². The maximum Gasteiger partial charge on any atom is 0.280 e. The summed E-state index contributed by atoms with van der Waals surface area (Å²) in [5.74, 6) is 0.0281. The number of aryl methyl sites for hydroxylation is 1. The Balaban J connectivity index is 1.62. The fraction of sp³-hybridized carbons (Fsp3) is 0.148. The van der Waals surface area contributed by atoms with E-state index in [0.717, 1.165) is 5.69 Å². The fourth-order valence-corrected chi connectivity index (χ4v) is 4.13. The highest BCUT2D eigenvalue weighted by Crippen LogP contribution is 2.25. The van der Waals surface area contributed by atoms with E-state index < -0.39 is 17.5 Å². The van der Waals surface area contributed by atoms with Crippen LogP contribution in [0.5, 0.6) is 0 Å². The van der Waals surface area contributed by atoms with Crippen LogP contribution in [0.3, 0.4) is 0 Å². The van der Waals surface area contributed by atoms with E-state index in [1.807, 2.05) is 59.4 Å². The van der Waals surface area contributed by atoms with E-state index in [1.165, 1.54) is 11.6 Å². The number of fused-ring (bicyclic) bond motifs is 1. The number of nitrogens with zero attached hydrogens (tertiary/aromatic N) is 5. The number of hydrogen-bond donors (Lipinski definition) is 1. The summed E-state index contributed by atoms with van der Waals surface area (Å²) in [7, 11) is 0. The van der Waals surface area contributed by atoms with Gasteiger partial charge >= 0.3 is 0 Å². The molecule has 5 rings (SSSR count). The van der Waals surface area contributed by atoms with Crippen LogP contribution in [-0.4, -0.2) is 35.8 Å². The predicted octanol–water partition coefficient (Wildman–Crippen LogP) is 4.08. The van der Waals surface area contributed by atoms with Crippen molar-refractivity contribution in [3.8, 4) is 11.5 Å². The molecule has 1 atom stereocenters. The van der Waals surface area contributed by atoms with Crippen molar-refractivity contribution in [1.29, 1.82) is 0 Å². The number of ketones is 1. The van der Waals surface area contributed by atoms with E-state index in [4.69, 9.17) is 5.10 Å². The van der Waals surface area contributed by atoms with Gasteiger partial charge in [-0.25, -0.2) is 9.36 Å². The lowest BCUT2D eigenvalue weighted by Crippen LogP contribution is -2.34. The molecule has 9 nitrogen and oxygen atoms in total. The SMILES string of the molecule is CC(=O)c1cccc(NC(=O)[C@H](C)n2nc(C)c3nn(-c4ccccc4)c(-n4cccc4)c3c2=O)c1. The van der Waals surface area contributed by atoms with Crippen molar-refractivity contribution in [2.45, 2.75) is 26.8 Å². The second kappa shape index (κ2) is 9.10. The largest absolute Gasteiger partial charge is 0.324 e. The van der Waals surface area contributed by atoms with Crippen LogP contribution in [0.4, 0.5) is 5.69 Å². The van der Waals surface area contributed by atoms with Crippen LogP contribution in [0, 0.1) is 6.92 Å². The van der Waals surface area contributed by atoms with Crippen LogP contribution in [0.15, 0.2) is 83.9 Å². The third kappa shape index (κ3) is 4.00. The number of hydrogen-bond acceptors (Lipinski definition) is 5. The Morgan fingerprint density at radius 1 is 0.944 bits per heavy atom. The van der Waals surface area contributed by atoms with E-state index in [-0.39, 0.29) is 5.78 Å². The first-order valence-electron chi connectivity index (χ1n) is 11.5. The average molecular weight is 481 g/mol. The van der Waals surface area contributed by atoms with Crippen molar-refractivity contribution in [3.05, 3.63) is 101 Å². The quantitative estimate of drug-likeness (QED) is 0.369. The number of rotatable bonds is 6. The van der Waals surface area contributed by atoms with Gasteiger partial charge in [0.15, 0.2) is 11.6 Å². The smallest absolute Gasteiger partial charge is 0.280 e. The Morgan fingerprint density at radius 2 is 1.67 bits per heavy atom. The first kappa shape index (κ1) is 23.0. The van der Waals surface area contributed by atoms with E-state index in [2.05, 4.69) is 10.4 Å². The summed E-state index contributed by atoms with van der Waals surface area (Å²) in [5, 5.41) is 12.3. The Bertz CT molecular complexity index is 1650. The summed E-state index contributed by atoms with van der Waals surface area (Å²) < 4.78 is 4.72. The number of amides is 1. The molecule has 0 bridgehead atoms. The second-order valence-electron chi connectivity index (χ2n) is 8.52. The number of nitrogens with one attached hydrogen (secondary N) is 1. The Morgan fingerprint density at radius 3 is 2.36 bits per heavy atom. The predicted molar refractivity (Wildman–Crippen MR) is 137 cm³/mol. The number of anilines is 1. The minimum absolute atomic E-state index is 0.105. The zero-order valence-corrected chi connectivity index (χ0v) is 20.0. The van der Waals surface area contributed by atoms with Crippen molar-refractivity contribution >= 4 is 28.3 Å². The molecule has 0 unspecified atom stereocenters. The summed E-state index contributed by atoms with van der Waals surface area (Å²) >= 11 is 0. The molecule has 1 amide bonds. The minimum Gasteiger partial charge on any atom is -0.324 e. The van der Waals surface area contributed by atoms with Crippen molar-refractivity contribution < 1.29 is 9.59 Å². The number of aromatic nitrogens is 5. The molecule has 0 radical (unpaired) electrons. The van der Waals surface area contributed by atoms with Crippen LogP contribution in [0.25, 0.3) is 22.4 Å². The highest BCUT2D eigenvalue weighted by Gasteiger charge is 2.25. The van der Waals surface area contributed by atoms with E-state index >= 15 is 0 Å². The van der Waals surface area contributed by atoms with Crippen LogP contribution < -0.4 is 10.9 Å². The van der Waals surface area contributed by atoms with Crippen LogP contribution in [0.1, 0.15) is 35.9 Å². The maximum atomic E-state index is 13.8. The van der Waals surface area contributed by atoms with Gasteiger partial charge in [0.25, 0.3) is 5.56 Å². The third-order valence-electron chi connectivity index (χ3n) is 6.02. The highest BCUT2D eigenvalue weighted by molar-refractivity contribution is 5.98. The molecule has 36 heavy (non-hydrogen) atoms. The summed E-state index contributed by atoms with van der Waals surface area (Å²) in [6.07, 6.45) is 3.68. The molecule has 0 aliphatic rings. The van der Waals surface area contributed by atoms with E-state index in [1.54, 1.807) is 42.8 Å². The molecule has 3 aromatic heterocycles. The number of para-hydroxylation sites is 1. The fourth-order valence-electron chi connectivity index (χ4n) is 4.13. The molecule has 0 saturated heterocycles. The van der Waals surface area contributed by atoms with Crippen LogP contribution >= 0.6 is 0 Å². The van der Waals surface area contributed by atoms with Crippen molar-refractivity contribution in [3.63, 3.8) is 0 Å². The number of benzene rings is 2. The van der Waals surface area contributed by atoms with Gasteiger partial charge in [0.1, 0.15) is 16.9 Å². The normalized spacial score (nSPS) is 12.0. The number of carbonyl (C=O) groups excluding carboxylic acids is 2. The topological polar surface area (TPSA) is 104 Å². The Kier molecular flexibility index (Phi) is 5.81. The molecule has 5 aromatic rings. The molecule has 0 spiro atoms. The van der Waals surface area contributed by atoms with Gasteiger partial charge in [-0.1, -0.05) is 30.3 Å². The lowest BCUT2D eigenvalue weighted by molar-refractivity contribution is -0.119. The lowest BCUT2D eigenvalue weighted by Gasteiger charge is -2.15. The minimum atomic E-state index is -0.917. The third-order valence-corrected chi connectivity index (χ3v) is 6.02. The number of carbonyl (C=O) groups is 2. The molecule has 0 fully saturated rings. The van der Waals surface area contributed by atoms with Crippen LogP contribution in [0.2, 0.25) is 0 Å². The first-order chi connectivity index (χ1) is 17.3. The van der Waals surface area contributed by atoms with Gasteiger partial charge in [0, 0.05) is 23.6 Å². The van der Waals surface area contributed by atoms with E-state index in [9.17, 15) is 14.4 Å². The Hall–Kier alpha value is -4.79. The zero-order chi connectivity index (χ0) is 25.4. The van der Waals surface area contributed by atoms with Gasteiger partial charge in [0.2, 0.25) is 5.91 Å². The molecule has 0 aliphatic heterocycles. The molecular weight excluding hydrogens is 456 g/mol. The summed E-state index contributed by atoms with van der Waals surface area (Å²) in [6, 6.07) is 19.0.